The van der Waals surface area contributed by atoms with Crippen molar-refractivity contribution in [3.05, 3.63) is 59.0 Å². The maximum atomic E-state index is 6.07. The van der Waals surface area contributed by atoms with Gasteiger partial charge in [0.2, 0.25) is 5.88 Å². The van der Waals surface area contributed by atoms with Crippen LogP contribution in [0.2, 0.25) is 5.15 Å². The Morgan fingerprint density at radius 2 is 1.85 bits per heavy atom. The third kappa shape index (κ3) is 2.42. The normalized spacial score (nSPS) is 10.7. The van der Waals surface area contributed by atoms with E-state index in [-0.39, 0.29) is 0 Å². The molecule has 0 N–H and O–H groups in total. The van der Waals surface area contributed by atoms with E-state index in [4.69, 9.17) is 16.3 Å². The van der Waals surface area contributed by atoms with Gasteiger partial charge in [0.15, 0.2) is 5.15 Å². The lowest BCUT2D eigenvalue weighted by Gasteiger charge is -2.06. The van der Waals surface area contributed by atoms with Crippen molar-refractivity contribution in [1.29, 1.82) is 0 Å². The number of halogens is 1. The highest BCUT2D eigenvalue weighted by Gasteiger charge is 2.08. The topological polar surface area (TPSA) is 47.9 Å². The lowest BCUT2D eigenvalue weighted by atomic mass is 10.1. The highest BCUT2D eigenvalue weighted by Crippen LogP contribution is 2.24. The molecule has 1 aromatic carbocycles. The van der Waals surface area contributed by atoms with Crippen LogP contribution in [0.4, 0.5) is 0 Å². The molecule has 0 atom stereocenters. The fourth-order valence-electron chi connectivity index (χ4n) is 2.09. The smallest absolute Gasteiger partial charge is 0.212 e. The quantitative estimate of drug-likeness (QED) is 0.741. The number of ether oxygens (including phenoxy) is 1. The zero-order valence-corrected chi connectivity index (χ0v) is 11.6. The molecule has 0 amide bonds. The van der Waals surface area contributed by atoms with Gasteiger partial charge in [0.05, 0.1) is 12.8 Å². The number of benzene rings is 1. The van der Waals surface area contributed by atoms with Crippen LogP contribution in [-0.2, 0) is 6.42 Å². The number of hydrogen-bond acceptors (Lipinski definition) is 4. The highest BCUT2D eigenvalue weighted by atomic mass is 35.5. The molecule has 20 heavy (non-hydrogen) atoms. The Kier molecular flexibility index (Phi) is 3.48. The predicted molar refractivity (Wildman–Crippen MR) is 78.1 cm³/mol. The molecular weight excluding hydrogens is 274 g/mol. The van der Waals surface area contributed by atoms with Gasteiger partial charge >= 0.3 is 0 Å². The SMILES string of the molecule is COc1ccc(Cc2nnc(Cl)c3ccccc23)cn1. The van der Waals surface area contributed by atoms with E-state index in [1.807, 2.05) is 36.4 Å². The predicted octanol–water partition coefficient (Wildman–Crippen LogP) is 3.28. The number of nitrogens with zero attached hydrogens (tertiary/aromatic N) is 3. The minimum Gasteiger partial charge on any atom is -0.481 e. The average molecular weight is 286 g/mol. The average Bonchev–Trinajstić information content (AvgIpc) is 2.51. The number of pyridine rings is 1. The van der Waals surface area contributed by atoms with Crippen LogP contribution in [0.25, 0.3) is 10.8 Å². The molecule has 0 saturated carbocycles. The molecule has 3 rings (SSSR count). The second-order valence-electron chi connectivity index (χ2n) is 4.37. The fourth-order valence-corrected chi connectivity index (χ4v) is 2.29. The molecule has 0 fully saturated rings. The van der Waals surface area contributed by atoms with Gasteiger partial charge in [0.25, 0.3) is 0 Å². The molecule has 100 valence electrons. The highest BCUT2D eigenvalue weighted by molar-refractivity contribution is 6.34. The molecule has 2 heterocycles. The maximum absolute atomic E-state index is 6.07. The molecule has 3 aromatic rings. The van der Waals surface area contributed by atoms with Crippen molar-refractivity contribution in [1.82, 2.24) is 15.2 Å². The molecule has 4 nitrogen and oxygen atoms in total. The molecule has 0 bridgehead atoms. The summed E-state index contributed by atoms with van der Waals surface area (Å²) in [6, 6.07) is 11.7. The largest absolute Gasteiger partial charge is 0.481 e. The van der Waals surface area contributed by atoms with Crippen LogP contribution < -0.4 is 4.74 Å². The Hall–Kier alpha value is -2.20. The Balaban J connectivity index is 2.00. The second-order valence-corrected chi connectivity index (χ2v) is 4.73. The summed E-state index contributed by atoms with van der Waals surface area (Å²) in [7, 11) is 1.60. The third-order valence-electron chi connectivity index (χ3n) is 3.10. The Morgan fingerprint density at radius 3 is 2.55 bits per heavy atom. The van der Waals surface area contributed by atoms with Gasteiger partial charge in [0, 0.05) is 29.5 Å². The Bertz CT molecular complexity index is 744. The summed E-state index contributed by atoms with van der Waals surface area (Å²) < 4.78 is 5.05. The number of methoxy groups -OCH3 is 1. The van der Waals surface area contributed by atoms with E-state index in [9.17, 15) is 0 Å². The summed E-state index contributed by atoms with van der Waals surface area (Å²) in [5.41, 5.74) is 1.93. The van der Waals surface area contributed by atoms with Crippen molar-refractivity contribution in [2.45, 2.75) is 6.42 Å². The van der Waals surface area contributed by atoms with E-state index >= 15 is 0 Å². The molecule has 0 spiro atoms. The van der Waals surface area contributed by atoms with Crippen LogP contribution in [0.1, 0.15) is 11.3 Å². The van der Waals surface area contributed by atoms with Gasteiger partial charge in [-0.2, -0.15) is 5.10 Å². The van der Waals surface area contributed by atoms with Gasteiger partial charge in [-0.15, -0.1) is 5.10 Å². The van der Waals surface area contributed by atoms with Crippen molar-refractivity contribution in [2.24, 2.45) is 0 Å². The zero-order chi connectivity index (χ0) is 13.9. The molecule has 0 aliphatic rings. The lowest BCUT2D eigenvalue weighted by Crippen LogP contribution is -1.98. The first-order chi connectivity index (χ1) is 9.78. The van der Waals surface area contributed by atoms with Crippen molar-refractivity contribution >= 4 is 22.4 Å². The van der Waals surface area contributed by atoms with Gasteiger partial charge in [0.1, 0.15) is 0 Å². The first-order valence-electron chi connectivity index (χ1n) is 6.16. The zero-order valence-electron chi connectivity index (χ0n) is 10.9. The summed E-state index contributed by atoms with van der Waals surface area (Å²) in [6.07, 6.45) is 2.44. The minimum atomic E-state index is 0.428. The molecule has 5 heteroatoms. The maximum Gasteiger partial charge on any atom is 0.212 e. The first kappa shape index (κ1) is 12.8. The summed E-state index contributed by atoms with van der Waals surface area (Å²) in [5.74, 6) is 0.598. The van der Waals surface area contributed by atoms with Gasteiger partial charge in [-0.05, 0) is 5.56 Å². The minimum absolute atomic E-state index is 0.428. The van der Waals surface area contributed by atoms with Crippen LogP contribution in [0.3, 0.4) is 0 Å². The summed E-state index contributed by atoms with van der Waals surface area (Å²) in [5, 5.41) is 10.6. The van der Waals surface area contributed by atoms with Gasteiger partial charge in [-0.1, -0.05) is 41.9 Å². The number of aromatic nitrogens is 3. The van der Waals surface area contributed by atoms with Crippen LogP contribution in [0, 0.1) is 0 Å². The van der Waals surface area contributed by atoms with E-state index in [1.54, 1.807) is 13.3 Å². The van der Waals surface area contributed by atoms with Crippen LogP contribution >= 0.6 is 11.6 Å². The van der Waals surface area contributed by atoms with Crippen molar-refractivity contribution in [3.63, 3.8) is 0 Å². The third-order valence-corrected chi connectivity index (χ3v) is 3.38. The van der Waals surface area contributed by atoms with Gasteiger partial charge < -0.3 is 4.74 Å². The van der Waals surface area contributed by atoms with Crippen LogP contribution in [0.15, 0.2) is 42.6 Å². The van der Waals surface area contributed by atoms with Crippen LogP contribution in [-0.4, -0.2) is 22.3 Å². The van der Waals surface area contributed by atoms with E-state index in [2.05, 4.69) is 15.2 Å². The first-order valence-corrected chi connectivity index (χ1v) is 6.54. The summed E-state index contributed by atoms with van der Waals surface area (Å²) in [6.45, 7) is 0. The molecule has 0 saturated heterocycles. The van der Waals surface area contributed by atoms with Crippen molar-refractivity contribution in [3.8, 4) is 5.88 Å². The van der Waals surface area contributed by atoms with Gasteiger partial charge in [-0.25, -0.2) is 4.98 Å². The van der Waals surface area contributed by atoms with Crippen molar-refractivity contribution in [2.75, 3.05) is 7.11 Å². The molecule has 0 unspecified atom stereocenters. The van der Waals surface area contributed by atoms with E-state index in [0.717, 1.165) is 22.0 Å². The number of hydrogen-bond donors (Lipinski definition) is 0. The van der Waals surface area contributed by atoms with E-state index < -0.39 is 0 Å². The molecular formula is C15H12ClN3O. The molecule has 2 aromatic heterocycles. The summed E-state index contributed by atoms with van der Waals surface area (Å²) in [4.78, 5) is 4.19. The molecule has 0 radical (unpaired) electrons. The number of rotatable bonds is 3. The Labute approximate surface area is 121 Å². The number of fused-ring (bicyclic) bond motifs is 1. The second kappa shape index (κ2) is 5.43. The molecule has 0 aliphatic heterocycles. The fraction of sp³-hybridized carbons (Fsp3) is 0.133. The Morgan fingerprint density at radius 1 is 1.05 bits per heavy atom. The summed E-state index contributed by atoms with van der Waals surface area (Å²) >= 11 is 6.07. The van der Waals surface area contributed by atoms with Crippen LogP contribution in [0.5, 0.6) is 5.88 Å². The monoisotopic (exact) mass is 285 g/mol. The standard InChI is InChI=1S/C15H12ClN3O/c1-20-14-7-6-10(9-17-14)8-13-11-4-2-3-5-12(11)15(16)19-18-13/h2-7,9H,8H2,1H3. The molecule has 0 aliphatic carbocycles. The lowest BCUT2D eigenvalue weighted by molar-refractivity contribution is 0.397. The van der Waals surface area contributed by atoms with Crippen molar-refractivity contribution < 1.29 is 4.74 Å². The van der Waals surface area contributed by atoms with Gasteiger partial charge in [-0.3, -0.25) is 0 Å². The van der Waals surface area contributed by atoms with E-state index in [0.29, 0.717) is 17.5 Å². The van der Waals surface area contributed by atoms with E-state index in [1.165, 1.54) is 0 Å².